The first-order chi connectivity index (χ1) is 10.1. The third-order valence-corrected chi connectivity index (χ3v) is 3.63. The van der Waals surface area contributed by atoms with E-state index in [0.29, 0.717) is 13.0 Å². The largest absolute Gasteiger partial charge is 0.469 e. The van der Waals surface area contributed by atoms with E-state index in [4.69, 9.17) is 15.2 Å². The molecule has 0 unspecified atom stereocenters. The molecule has 1 aliphatic rings. The van der Waals surface area contributed by atoms with Crippen molar-refractivity contribution in [3.05, 3.63) is 35.9 Å². The fourth-order valence-electron chi connectivity index (χ4n) is 2.35. The van der Waals surface area contributed by atoms with Crippen molar-refractivity contribution in [1.29, 1.82) is 0 Å². The van der Waals surface area contributed by atoms with Crippen LogP contribution in [-0.4, -0.2) is 43.2 Å². The van der Waals surface area contributed by atoms with E-state index >= 15 is 0 Å². The number of ether oxygens (including phenoxy) is 2. The third-order valence-electron chi connectivity index (χ3n) is 3.63. The highest BCUT2D eigenvalue weighted by atomic mass is 35.5. The van der Waals surface area contributed by atoms with Gasteiger partial charge in [0.25, 0.3) is 0 Å². The Hall–Kier alpha value is -1.79. The Labute approximate surface area is 136 Å². The zero-order chi connectivity index (χ0) is 15.2. The summed E-state index contributed by atoms with van der Waals surface area (Å²) in [5.74, 6) is -0.879. The molecule has 0 bridgehead atoms. The van der Waals surface area contributed by atoms with Gasteiger partial charge in [-0.2, -0.15) is 0 Å². The molecule has 0 radical (unpaired) electrons. The van der Waals surface area contributed by atoms with Crippen LogP contribution in [0, 0.1) is 5.92 Å². The van der Waals surface area contributed by atoms with E-state index in [1.54, 1.807) is 0 Å². The molecule has 0 spiro atoms. The second kappa shape index (κ2) is 8.60. The molecule has 1 heterocycles. The molecule has 1 aliphatic heterocycles. The summed E-state index contributed by atoms with van der Waals surface area (Å²) in [6, 6.07) is 9.16. The number of halogens is 1. The maximum Gasteiger partial charge on any atom is 0.410 e. The zero-order valence-corrected chi connectivity index (χ0v) is 13.3. The van der Waals surface area contributed by atoms with E-state index in [1.807, 2.05) is 30.3 Å². The Kier molecular flexibility index (Phi) is 7.14. The van der Waals surface area contributed by atoms with Crippen molar-refractivity contribution in [2.24, 2.45) is 11.7 Å². The smallest absolute Gasteiger partial charge is 0.410 e. The highest BCUT2D eigenvalue weighted by Gasteiger charge is 2.35. The van der Waals surface area contributed by atoms with Crippen LogP contribution >= 0.6 is 12.4 Å². The lowest BCUT2D eigenvalue weighted by atomic mass is 9.93. The number of amides is 1. The molecule has 1 aromatic rings. The number of carbonyl (C=O) groups excluding carboxylic acids is 2. The van der Waals surface area contributed by atoms with Gasteiger partial charge in [0.1, 0.15) is 6.61 Å². The Morgan fingerprint density at radius 3 is 2.64 bits per heavy atom. The molecule has 1 saturated heterocycles. The van der Waals surface area contributed by atoms with E-state index in [1.165, 1.54) is 12.0 Å². The summed E-state index contributed by atoms with van der Waals surface area (Å²) in [4.78, 5) is 25.2. The average Bonchev–Trinajstić information content (AvgIpc) is 2.53. The highest BCUT2D eigenvalue weighted by Crippen LogP contribution is 2.18. The second-order valence-electron chi connectivity index (χ2n) is 5.07. The number of benzene rings is 1. The molecular formula is C15H21ClN2O4. The van der Waals surface area contributed by atoms with Gasteiger partial charge in [0, 0.05) is 19.1 Å². The fourth-order valence-corrected chi connectivity index (χ4v) is 2.35. The summed E-state index contributed by atoms with van der Waals surface area (Å²) >= 11 is 0. The first kappa shape index (κ1) is 18.3. The minimum Gasteiger partial charge on any atom is -0.469 e. The minimum absolute atomic E-state index is 0. The molecule has 7 heteroatoms. The lowest BCUT2D eigenvalue weighted by molar-refractivity contribution is -0.147. The molecule has 22 heavy (non-hydrogen) atoms. The lowest BCUT2D eigenvalue weighted by Gasteiger charge is -2.34. The Morgan fingerprint density at radius 1 is 1.32 bits per heavy atom. The number of methoxy groups -OCH3 is 1. The number of nitrogens with two attached hydrogens (primary N) is 1. The van der Waals surface area contributed by atoms with Gasteiger partial charge in [-0.1, -0.05) is 30.3 Å². The van der Waals surface area contributed by atoms with Crippen LogP contribution < -0.4 is 5.73 Å². The van der Waals surface area contributed by atoms with E-state index in [2.05, 4.69) is 0 Å². The highest BCUT2D eigenvalue weighted by molar-refractivity contribution is 5.85. The van der Waals surface area contributed by atoms with Crippen molar-refractivity contribution >= 4 is 24.5 Å². The van der Waals surface area contributed by atoms with Crippen LogP contribution in [0.4, 0.5) is 4.79 Å². The SMILES string of the molecule is COC(=O)[C@@H]1CN(C(=O)OCc2ccccc2)CC[C@H]1N.Cl. The quantitative estimate of drug-likeness (QED) is 0.852. The molecule has 6 nitrogen and oxygen atoms in total. The average molecular weight is 329 g/mol. The number of carbonyl (C=O) groups is 2. The molecule has 0 aromatic heterocycles. The standard InChI is InChI=1S/C15H20N2O4.ClH/c1-20-14(18)12-9-17(8-7-13(12)16)15(19)21-10-11-5-3-2-4-6-11;/h2-6,12-13H,7-10,16H2,1H3;1H/t12-,13-;/m1./s1. The van der Waals surface area contributed by atoms with Crippen LogP contribution in [0.2, 0.25) is 0 Å². The molecule has 0 aliphatic carbocycles. The molecule has 1 aromatic carbocycles. The minimum atomic E-state index is -0.493. The molecule has 2 atom stereocenters. The van der Waals surface area contributed by atoms with Crippen LogP contribution in [0.3, 0.4) is 0 Å². The summed E-state index contributed by atoms with van der Waals surface area (Å²) in [5.41, 5.74) is 6.82. The molecule has 2 rings (SSSR count). The van der Waals surface area contributed by atoms with Crippen LogP contribution in [0.25, 0.3) is 0 Å². The summed E-state index contributed by atoms with van der Waals surface area (Å²) in [7, 11) is 1.32. The van der Waals surface area contributed by atoms with E-state index in [-0.39, 0.29) is 37.6 Å². The van der Waals surface area contributed by atoms with Crippen molar-refractivity contribution in [3.63, 3.8) is 0 Å². The van der Waals surface area contributed by atoms with Gasteiger partial charge in [0.2, 0.25) is 0 Å². The third kappa shape index (κ3) is 4.61. The second-order valence-corrected chi connectivity index (χ2v) is 5.07. The Morgan fingerprint density at radius 2 is 2.00 bits per heavy atom. The van der Waals surface area contributed by atoms with Gasteiger partial charge in [-0.3, -0.25) is 4.79 Å². The molecule has 122 valence electrons. The van der Waals surface area contributed by atoms with Crippen molar-refractivity contribution < 1.29 is 19.1 Å². The number of nitrogens with zero attached hydrogens (tertiary/aromatic N) is 1. The van der Waals surface area contributed by atoms with Crippen LogP contribution in [0.5, 0.6) is 0 Å². The normalized spacial score (nSPS) is 20.7. The molecule has 1 amide bonds. The van der Waals surface area contributed by atoms with Gasteiger partial charge >= 0.3 is 12.1 Å². The predicted molar refractivity (Wildman–Crippen MR) is 83.5 cm³/mol. The van der Waals surface area contributed by atoms with Gasteiger partial charge in [-0.15, -0.1) is 12.4 Å². The Balaban J connectivity index is 0.00000242. The zero-order valence-electron chi connectivity index (χ0n) is 12.4. The first-order valence-corrected chi connectivity index (χ1v) is 6.91. The summed E-state index contributed by atoms with van der Waals surface area (Å²) in [6.07, 6.45) is 0.125. The molecule has 2 N–H and O–H groups in total. The van der Waals surface area contributed by atoms with Gasteiger partial charge < -0.3 is 20.1 Å². The van der Waals surface area contributed by atoms with Crippen LogP contribution in [-0.2, 0) is 20.9 Å². The van der Waals surface area contributed by atoms with Gasteiger partial charge in [0.05, 0.1) is 13.0 Å². The van der Waals surface area contributed by atoms with Gasteiger partial charge in [0.15, 0.2) is 0 Å². The van der Waals surface area contributed by atoms with Crippen molar-refractivity contribution in [1.82, 2.24) is 4.90 Å². The van der Waals surface area contributed by atoms with E-state index < -0.39 is 12.0 Å². The predicted octanol–water partition coefficient (Wildman–Crippen LogP) is 1.57. The van der Waals surface area contributed by atoms with Crippen LogP contribution in [0.15, 0.2) is 30.3 Å². The van der Waals surface area contributed by atoms with E-state index in [9.17, 15) is 9.59 Å². The summed E-state index contributed by atoms with van der Waals surface area (Å²) in [5, 5.41) is 0. The molecule has 1 fully saturated rings. The maximum absolute atomic E-state index is 12.0. The van der Waals surface area contributed by atoms with Crippen molar-refractivity contribution in [2.45, 2.75) is 19.1 Å². The number of piperidine rings is 1. The molecular weight excluding hydrogens is 308 g/mol. The monoisotopic (exact) mass is 328 g/mol. The number of hydrogen-bond donors (Lipinski definition) is 1. The van der Waals surface area contributed by atoms with Crippen LogP contribution in [0.1, 0.15) is 12.0 Å². The number of likely N-dealkylation sites (tertiary alicyclic amines) is 1. The summed E-state index contributed by atoms with van der Waals surface area (Å²) < 4.78 is 9.98. The van der Waals surface area contributed by atoms with E-state index in [0.717, 1.165) is 5.56 Å². The van der Waals surface area contributed by atoms with Gasteiger partial charge in [-0.25, -0.2) is 4.79 Å². The number of esters is 1. The number of hydrogen-bond acceptors (Lipinski definition) is 5. The Bertz CT molecular complexity index is 498. The van der Waals surface area contributed by atoms with Crippen molar-refractivity contribution in [3.8, 4) is 0 Å². The van der Waals surface area contributed by atoms with Crippen molar-refractivity contribution in [2.75, 3.05) is 20.2 Å². The maximum atomic E-state index is 12.0. The molecule has 0 saturated carbocycles. The van der Waals surface area contributed by atoms with Gasteiger partial charge in [-0.05, 0) is 12.0 Å². The lowest BCUT2D eigenvalue weighted by Crippen LogP contribution is -2.52. The fraction of sp³-hybridized carbons (Fsp3) is 0.467. The summed E-state index contributed by atoms with van der Waals surface area (Å²) in [6.45, 7) is 0.939. The first-order valence-electron chi connectivity index (χ1n) is 6.91. The number of rotatable bonds is 3. The topological polar surface area (TPSA) is 81.9 Å².